The highest BCUT2D eigenvalue weighted by molar-refractivity contribution is 6.99. The Hall–Kier alpha value is -3.75. The summed E-state index contributed by atoms with van der Waals surface area (Å²) in [5.41, 5.74) is 1.49. The summed E-state index contributed by atoms with van der Waals surface area (Å²) in [5.74, 6) is 0.251. The van der Waals surface area contributed by atoms with Crippen molar-refractivity contribution in [3.63, 3.8) is 0 Å². The fourth-order valence-corrected chi connectivity index (χ4v) is 11.1. The SMILES string of the molecule is COc1ccc(COC2C(C)C(CO[Si](c3ccccc3)(c3ccccc3)C(C)(C)C)OC(C)C2OC(=O)c2ccccc2)cc1. The van der Waals surface area contributed by atoms with E-state index in [1.54, 1.807) is 19.2 Å². The van der Waals surface area contributed by atoms with E-state index in [2.05, 4.69) is 76.2 Å². The Morgan fingerprint density at radius 2 is 1.30 bits per heavy atom. The van der Waals surface area contributed by atoms with E-state index in [-0.39, 0.29) is 17.1 Å². The zero-order valence-corrected chi connectivity index (χ0v) is 28.7. The van der Waals surface area contributed by atoms with Crippen LogP contribution in [-0.4, -0.2) is 52.4 Å². The molecule has 0 amide bonds. The van der Waals surface area contributed by atoms with Gasteiger partial charge < -0.3 is 23.4 Å². The normalized spacial score (nSPS) is 21.8. The maximum absolute atomic E-state index is 13.3. The quantitative estimate of drug-likeness (QED) is 0.133. The van der Waals surface area contributed by atoms with Crippen LogP contribution in [0.3, 0.4) is 0 Å². The van der Waals surface area contributed by atoms with Gasteiger partial charge in [-0.15, -0.1) is 0 Å². The van der Waals surface area contributed by atoms with Gasteiger partial charge in [0.1, 0.15) is 11.9 Å². The van der Waals surface area contributed by atoms with Crippen molar-refractivity contribution >= 4 is 24.7 Å². The Morgan fingerprint density at radius 3 is 1.83 bits per heavy atom. The maximum Gasteiger partial charge on any atom is 0.338 e. The van der Waals surface area contributed by atoms with Gasteiger partial charge in [-0.05, 0) is 52.2 Å². The zero-order chi connectivity index (χ0) is 32.7. The van der Waals surface area contributed by atoms with Gasteiger partial charge in [0, 0.05) is 5.92 Å². The Bertz CT molecular complexity index is 1480. The lowest BCUT2D eigenvalue weighted by atomic mass is 9.88. The van der Waals surface area contributed by atoms with Crippen molar-refractivity contribution in [3.8, 4) is 5.75 Å². The van der Waals surface area contributed by atoms with Crippen LogP contribution in [0.5, 0.6) is 5.75 Å². The number of esters is 1. The van der Waals surface area contributed by atoms with Gasteiger partial charge >= 0.3 is 5.97 Å². The molecule has 46 heavy (non-hydrogen) atoms. The fourth-order valence-electron chi connectivity index (χ4n) is 6.50. The number of ether oxygens (including phenoxy) is 4. The van der Waals surface area contributed by atoms with Crippen LogP contribution in [0.2, 0.25) is 5.04 Å². The Balaban J connectivity index is 1.43. The molecule has 0 saturated carbocycles. The summed E-state index contributed by atoms with van der Waals surface area (Å²) in [6, 6.07) is 38.1. The van der Waals surface area contributed by atoms with E-state index in [0.717, 1.165) is 11.3 Å². The Kier molecular flexibility index (Phi) is 10.8. The summed E-state index contributed by atoms with van der Waals surface area (Å²) in [6.07, 6.45) is -1.74. The molecular weight excluding hydrogens is 593 g/mol. The van der Waals surface area contributed by atoms with Gasteiger partial charge in [-0.2, -0.15) is 0 Å². The number of carbonyl (C=O) groups excluding carboxylic acids is 1. The van der Waals surface area contributed by atoms with Gasteiger partial charge in [-0.3, -0.25) is 0 Å². The van der Waals surface area contributed by atoms with Gasteiger partial charge in [0.25, 0.3) is 8.32 Å². The molecule has 0 radical (unpaired) electrons. The van der Waals surface area contributed by atoms with Crippen molar-refractivity contribution in [2.75, 3.05) is 13.7 Å². The minimum atomic E-state index is -2.79. The molecule has 1 heterocycles. The second kappa shape index (κ2) is 14.8. The Morgan fingerprint density at radius 1 is 0.761 bits per heavy atom. The number of benzene rings is 4. The van der Waals surface area contributed by atoms with Gasteiger partial charge in [-0.25, -0.2) is 4.79 Å². The van der Waals surface area contributed by atoms with E-state index in [1.165, 1.54) is 10.4 Å². The number of carbonyl (C=O) groups is 1. The standard InChI is InChI=1S/C39H46O6Si/c1-28-35(27-43-46(39(3,4)5,33-18-12-8-13-19-33)34-20-14-9-15-21-34)44-29(2)37(45-38(40)31-16-10-7-11-17-31)36(28)42-26-30-22-24-32(41-6)25-23-30/h7-25,28-29,35-37H,26-27H2,1-6H3. The lowest BCUT2D eigenvalue weighted by Crippen LogP contribution is -2.67. The average molecular weight is 639 g/mol. The first-order valence-corrected chi connectivity index (χ1v) is 18.0. The lowest BCUT2D eigenvalue weighted by Gasteiger charge is -2.47. The number of hydrogen-bond acceptors (Lipinski definition) is 6. The van der Waals surface area contributed by atoms with Crippen molar-refractivity contribution < 1.29 is 28.2 Å². The van der Waals surface area contributed by atoms with Crippen LogP contribution in [0.25, 0.3) is 0 Å². The number of rotatable bonds is 11. The van der Waals surface area contributed by atoms with E-state index >= 15 is 0 Å². The molecule has 5 rings (SSSR count). The first-order chi connectivity index (χ1) is 22.1. The third-order valence-corrected chi connectivity index (χ3v) is 14.0. The molecular formula is C39H46O6Si. The Labute approximate surface area is 274 Å². The summed E-state index contributed by atoms with van der Waals surface area (Å²) >= 11 is 0. The third kappa shape index (κ3) is 7.29. The van der Waals surface area contributed by atoms with Gasteiger partial charge in [0.15, 0.2) is 6.10 Å². The summed E-state index contributed by atoms with van der Waals surface area (Å²) in [7, 11) is -1.14. The summed E-state index contributed by atoms with van der Waals surface area (Å²) < 4.78 is 32.0. The van der Waals surface area contributed by atoms with Crippen molar-refractivity contribution in [2.24, 2.45) is 5.92 Å². The largest absolute Gasteiger partial charge is 0.497 e. The van der Waals surface area contributed by atoms with Crippen molar-refractivity contribution in [1.82, 2.24) is 0 Å². The maximum atomic E-state index is 13.3. The van der Waals surface area contributed by atoms with E-state index in [9.17, 15) is 4.79 Å². The van der Waals surface area contributed by atoms with Crippen LogP contribution in [0, 0.1) is 5.92 Å². The molecule has 0 bridgehead atoms. The van der Waals surface area contributed by atoms with Crippen LogP contribution in [0.4, 0.5) is 0 Å². The van der Waals surface area contributed by atoms with E-state index in [0.29, 0.717) is 18.8 Å². The van der Waals surface area contributed by atoms with E-state index in [4.69, 9.17) is 23.4 Å². The highest BCUT2D eigenvalue weighted by Gasteiger charge is 2.52. The molecule has 5 unspecified atom stereocenters. The predicted molar refractivity (Wildman–Crippen MR) is 184 cm³/mol. The first kappa shape index (κ1) is 33.6. The van der Waals surface area contributed by atoms with Gasteiger partial charge in [0.05, 0.1) is 38.1 Å². The molecule has 4 aromatic carbocycles. The van der Waals surface area contributed by atoms with E-state index in [1.807, 2.05) is 61.5 Å². The van der Waals surface area contributed by atoms with Crippen LogP contribution >= 0.6 is 0 Å². The second-order valence-electron chi connectivity index (χ2n) is 13.1. The van der Waals surface area contributed by atoms with E-state index < -0.39 is 32.6 Å². The van der Waals surface area contributed by atoms with Crippen molar-refractivity contribution in [1.29, 1.82) is 0 Å². The zero-order valence-electron chi connectivity index (χ0n) is 27.7. The van der Waals surface area contributed by atoms with Crippen molar-refractivity contribution in [2.45, 2.75) is 70.7 Å². The van der Waals surface area contributed by atoms with Crippen LogP contribution in [0.15, 0.2) is 115 Å². The smallest absolute Gasteiger partial charge is 0.338 e. The topological polar surface area (TPSA) is 63.2 Å². The monoisotopic (exact) mass is 638 g/mol. The molecule has 5 atom stereocenters. The van der Waals surface area contributed by atoms with Gasteiger partial charge in [0.2, 0.25) is 0 Å². The summed E-state index contributed by atoms with van der Waals surface area (Å²) in [4.78, 5) is 13.3. The molecule has 4 aromatic rings. The van der Waals surface area contributed by atoms with Crippen LogP contribution < -0.4 is 15.1 Å². The lowest BCUT2D eigenvalue weighted by molar-refractivity contribution is -0.214. The molecule has 0 aromatic heterocycles. The molecule has 1 saturated heterocycles. The highest BCUT2D eigenvalue weighted by Crippen LogP contribution is 2.38. The minimum Gasteiger partial charge on any atom is -0.497 e. The number of methoxy groups -OCH3 is 1. The third-order valence-electron chi connectivity index (χ3n) is 9.02. The number of hydrogen-bond donors (Lipinski definition) is 0. The molecule has 7 heteroatoms. The second-order valence-corrected chi connectivity index (χ2v) is 17.4. The summed E-state index contributed by atoms with van der Waals surface area (Å²) in [6.45, 7) is 11.6. The van der Waals surface area contributed by atoms with Crippen LogP contribution in [-0.2, 0) is 25.2 Å². The van der Waals surface area contributed by atoms with Crippen molar-refractivity contribution in [3.05, 3.63) is 126 Å². The average Bonchev–Trinajstić information content (AvgIpc) is 3.07. The molecule has 0 aliphatic carbocycles. The molecule has 0 N–H and O–H groups in total. The fraction of sp³-hybridized carbons (Fsp3) is 0.359. The summed E-state index contributed by atoms with van der Waals surface area (Å²) in [5, 5.41) is 2.26. The highest BCUT2D eigenvalue weighted by atomic mass is 28.4. The minimum absolute atomic E-state index is 0.138. The molecule has 242 valence electrons. The molecule has 1 aliphatic heterocycles. The first-order valence-electron chi connectivity index (χ1n) is 16.0. The van der Waals surface area contributed by atoms with Crippen LogP contribution in [0.1, 0.15) is 50.5 Å². The van der Waals surface area contributed by atoms with Gasteiger partial charge in [-0.1, -0.05) is 119 Å². The predicted octanol–water partition coefficient (Wildman–Crippen LogP) is 6.81. The molecule has 1 aliphatic rings. The molecule has 6 nitrogen and oxygen atoms in total. The molecule has 1 fully saturated rings. The molecule has 0 spiro atoms.